The molecule has 1 saturated carbocycles. The number of rotatable bonds is 9. The van der Waals surface area contributed by atoms with Crippen LogP contribution in [-0.2, 0) is 20.4 Å². The Labute approximate surface area is 269 Å². The van der Waals surface area contributed by atoms with E-state index in [1.54, 1.807) is 7.11 Å². The number of ether oxygens (including phenoxy) is 3. The van der Waals surface area contributed by atoms with Gasteiger partial charge in [-0.2, -0.15) is 0 Å². The zero-order valence-electron chi connectivity index (χ0n) is 28.3. The molecule has 0 aromatic heterocycles. The Balaban J connectivity index is 1.52. The Hall–Kier alpha value is -3.89. The molecule has 0 amide bonds. The van der Waals surface area contributed by atoms with Gasteiger partial charge in [0, 0.05) is 17.0 Å². The van der Waals surface area contributed by atoms with Crippen molar-refractivity contribution in [1.29, 1.82) is 0 Å². The molecule has 0 aliphatic heterocycles. The van der Waals surface area contributed by atoms with Gasteiger partial charge in [-0.3, -0.25) is 4.79 Å². The molecule has 236 valence electrons. The van der Waals surface area contributed by atoms with Gasteiger partial charge in [0.2, 0.25) is 0 Å². The minimum atomic E-state index is -0.337. The average molecular weight is 605 g/mol. The second-order valence-electron chi connectivity index (χ2n) is 14.6. The molecule has 0 bridgehead atoms. The summed E-state index contributed by atoms with van der Waals surface area (Å²) in [6.07, 6.45) is -0.642. The Kier molecular flexibility index (Phi) is 9.28. The molecule has 0 radical (unpaired) electrons. The van der Waals surface area contributed by atoms with Crippen molar-refractivity contribution in [1.82, 2.24) is 0 Å². The number of hydrogen-bond donors (Lipinski definition) is 0. The standard InChI is InChI=1S/C41H48O4/c1-26-24-32(40(3,4)5)38(33(25-26)41(6,7)8)45-39(42)35-27(2)34(35)37(30-20-22-31(43-9)23-21-30)44-36(28-16-12-10-13-17-28)29-18-14-11-15-19-29/h10-25,27,34-37H,1-9H3. The molecule has 1 aliphatic rings. The number of esters is 1. The molecule has 0 saturated heterocycles. The molecule has 0 spiro atoms. The van der Waals surface area contributed by atoms with Gasteiger partial charge >= 0.3 is 5.97 Å². The molecule has 0 N–H and O–H groups in total. The van der Waals surface area contributed by atoms with Crippen molar-refractivity contribution >= 4 is 5.97 Å². The highest BCUT2D eigenvalue weighted by molar-refractivity contribution is 5.80. The van der Waals surface area contributed by atoms with Crippen LogP contribution in [0.4, 0.5) is 0 Å². The van der Waals surface area contributed by atoms with Crippen LogP contribution in [0.25, 0.3) is 0 Å². The molecule has 4 heteroatoms. The minimum absolute atomic E-state index is 0.0533. The van der Waals surface area contributed by atoms with Crippen molar-refractivity contribution < 1.29 is 19.0 Å². The van der Waals surface area contributed by atoms with Crippen LogP contribution in [0.15, 0.2) is 97.1 Å². The van der Waals surface area contributed by atoms with Crippen LogP contribution in [0.2, 0.25) is 0 Å². The molecule has 1 fully saturated rings. The number of carbonyl (C=O) groups excluding carboxylic acids is 1. The Morgan fingerprint density at radius 1 is 0.711 bits per heavy atom. The zero-order chi connectivity index (χ0) is 32.5. The van der Waals surface area contributed by atoms with Crippen molar-refractivity contribution in [3.63, 3.8) is 0 Å². The molecule has 45 heavy (non-hydrogen) atoms. The fraction of sp³-hybridized carbons (Fsp3) is 0.390. The Morgan fingerprint density at radius 2 is 1.20 bits per heavy atom. The van der Waals surface area contributed by atoms with Crippen molar-refractivity contribution in [3.05, 3.63) is 130 Å². The van der Waals surface area contributed by atoms with Crippen molar-refractivity contribution in [2.24, 2.45) is 17.8 Å². The van der Waals surface area contributed by atoms with E-state index >= 15 is 0 Å². The van der Waals surface area contributed by atoms with E-state index in [4.69, 9.17) is 14.2 Å². The molecule has 1 aliphatic carbocycles. The summed E-state index contributed by atoms with van der Waals surface area (Å²) in [6.45, 7) is 17.3. The average Bonchev–Trinajstić information content (AvgIpc) is 3.68. The number of aryl methyl sites for hydroxylation is 1. The third kappa shape index (κ3) is 7.17. The summed E-state index contributed by atoms with van der Waals surface area (Å²) in [5, 5.41) is 0. The molecule has 4 atom stereocenters. The maximum Gasteiger partial charge on any atom is 0.315 e. The quantitative estimate of drug-likeness (QED) is 0.141. The SMILES string of the molecule is COc1ccc(C(OC(c2ccccc2)c2ccccc2)C2C(C)C2C(=O)Oc2c(C(C)(C)C)cc(C)cc2C(C)(C)C)cc1. The summed E-state index contributed by atoms with van der Waals surface area (Å²) in [5.74, 6) is 1.03. The third-order valence-electron chi connectivity index (χ3n) is 9.05. The fourth-order valence-electron chi connectivity index (χ4n) is 6.43. The van der Waals surface area contributed by atoms with Crippen molar-refractivity contribution in [2.75, 3.05) is 7.11 Å². The van der Waals surface area contributed by atoms with E-state index in [9.17, 15) is 4.79 Å². The Morgan fingerprint density at radius 3 is 1.64 bits per heavy atom. The van der Waals surface area contributed by atoms with Crippen LogP contribution < -0.4 is 9.47 Å². The first-order valence-electron chi connectivity index (χ1n) is 16.1. The smallest absolute Gasteiger partial charge is 0.315 e. The van der Waals surface area contributed by atoms with Gasteiger partial charge in [0.05, 0.1) is 19.1 Å². The van der Waals surface area contributed by atoms with Crippen LogP contribution in [0, 0.1) is 24.7 Å². The van der Waals surface area contributed by atoms with Gasteiger partial charge in [-0.15, -0.1) is 0 Å². The lowest BCUT2D eigenvalue weighted by Gasteiger charge is -2.30. The lowest BCUT2D eigenvalue weighted by molar-refractivity contribution is -0.137. The van der Waals surface area contributed by atoms with E-state index in [1.165, 1.54) is 5.56 Å². The number of methoxy groups -OCH3 is 1. The van der Waals surface area contributed by atoms with Gasteiger partial charge in [-0.1, -0.05) is 139 Å². The summed E-state index contributed by atoms with van der Waals surface area (Å²) >= 11 is 0. The molecular formula is C41H48O4. The summed E-state index contributed by atoms with van der Waals surface area (Å²) in [5.41, 5.74) is 6.05. The van der Waals surface area contributed by atoms with Crippen LogP contribution in [-0.4, -0.2) is 13.1 Å². The number of benzene rings is 4. The highest BCUT2D eigenvalue weighted by atomic mass is 16.5. The predicted molar refractivity (Wildman–Crippen MR) is 182 cm³/mol. The van der Waals surface area contributed by atoms with Gasteiger partial charge in [0.1, 0.15) is 17.6 Å². The highest BCUT2D eigenvalue weighted by Crippen LogP contribution is 2.57. The van der Waals surface area contributed by atoms with E-state index in [0.717, 1.165) is 33.6 Å². The van der Waals surface area contributed by atoms with Crippen LogP contribution in [0.3, 0.4) is 0 Å². The van der Waals surface area contributed by atoms with E-state index < -0.39 is 0 Å². The van der Waals surface area contributed by atoms with Crippen molar-refractivity contribution in [3.8, 4) is 11.5 Å². The van der Waals surface area contributed by atoms with Crippen molar-refractivity contribution in [2.45, 2.75) is 78.4 Å². The van der Waals surface area contributed by atoms with E-state index in [1.807, 2.05) is 48.5 Å². The lowest BCUT2D eigenvalue weighted by atomic mass is 9.78. The van der Waals surface area contributed by atoms with Gasteiger partial charge in [-0.25, -0.2) is 0 Å². The van der Waals surface area contributed by atoms with Crippen LogP contribution >= 0.6 is 0 Å². The maximum atomic E-state index is 14.2. The van der Waals surface area contributed by atoms with Gasteiger partial charge < -0.3 is 14.2 Å². The molecule has 4 unspecified atom stereocenters. The summed E-state index contributed by atoms with van der Waals surface area (Å²) < 4.78 is 19.1. The first-order chi connectivity index (χ1) is 21.3. The molecule has 4 nitrogen and oxygen atoms in total. The predicted octanol–water partition coefficient (Wildman–Crippen LogP) is 9.93. The summed E-state index contributed by atoms with van der Waals surface area (Å²) in [4.78, 5) is 14.2. The summed E-state index contributed by atoms with van der Waals surface area (Å²) in [7, 11) is 1.67. The third-order valence-corrected chi connectivity index (χ3v) is 9.05. The monoisotopic (exact) mass is 604 g/mol. The molecule has 4 aromatic rings. The molecule has 4 aromatic carbocycles. The molecule has 5 rings (SSSR count). The topological polar surface area (TPSA) is 44.8 Å². The highest BCUT2D eigenvalue weighted by Gasteiger charge is 2.58. The second-order valence-corrected chi connectivity index (χ2v) is 14.6. The fourth-order valence-corrected chi connectivity index (χ4v) is 6.43. The Bertz CT molecular complexity index is 1520. The van der Waals surface area contributed by atoms with E-state index in [2.05, 4.69) is 104 Å². The number of hydrogen-bond acceptors (Lipinski definition) is 4. The van der Waals surface area contributed by atoms with Crippen LogP contribution in [0.1, 0.15) is 94.1 Å². The van der Waals surface area contributed by atoms with Gasteiger partial charge in [-0.05, 0) is 52.5 Å². The van der Waals surface area contributed by atoms with Gasteiger partial charge in [0.15, 0.2) is 0 Å². The minimum Gasteiger partial charge on any atom is -0.497 e. The normalized spacial score (nSPS) is 18.8. The van der Waals surface area contributed by atoms with E-state index in [0.29, 0.717) is 5.75 Å². The molecular weight excluding hydrogens is 556 g/mol. The maximum absolute atomic E-state index is 14.2. The van der Waals surface area contributed by atoms with Gasteiger partial charge in [0.25, 0.3) is 0 Å². The molecule has 0 heterocycles. The first-order valence-corrected chi connectivity index (χ1v) is 16.1. The van der Waals surface area contributed by atoms with E-state index in [-0.39, 0.29) is 46.8 Å². The largest absolute Gasteiger partial charge is 0.497 e. The first kappa shape index (κ1) is 32.5. The zero-order valence-corrected chi connectivity index (χ0v) is 28.3. The second kappa shape index (κ2) is 12.8. The lowest BCUT2D eigenvalue weighted by Crippen LogP contribution is -2.24. The number of carbonyl (C=O) groups is 1. The summed E-state index contributed by atoms with van der Waals surface area (Å²) in [6, 6.07) is 33.0. The van der Waals surface area contributed by atoms with Crippen LogP contribution in [0.5, 0.6) is 11.5 Å².